The quantitative estimate of drug-likeness (QED) is 0.870. The molecule has 92 valence electrons. The van der Waals surface area contributed by atoms with Crippen molar-refractivity contribution in [3.8, 4) is 0 Å². The molecule has 4 heteroatoms. The SMILES string of the molecule is O=C(C[NH+]1CCCCC1)Nc1ccccc1Br. The second-order valence-corrected chi connectivity index (χ2v) is 5.37. The van der Waals surface area contributed by atoms with Crippen LogP contribution in [0, 0.1) is 0 Å². The Morgan fingerprint density at radius 1 is 1.24 bits per heavy atom. The van der Waals surface area contributed by atoms with Gasteiger partial charge in [-0.15, -0.1) is 0 Å². The van der Waals surface area contributed by atoms with Crippen LogP contribution in [0.4, 0.5) is 5.69 Å². The highest BCUT2D eigenvalue weighted by Crippen LogP contribution is 2.20. The van der Waals surface area contributed by atoms with E-state index in [1.54, 1.807) is 0 Å². The van der Waals surface area contributed by atoms with Crippen molar-refractivity contribution in [3.63, 3.8) is 0 Å². The molecule has 1 heterocycles. The van der Waals surface area contributed by atoms with Gasteiger partial charge in [-0.05, 0) is 47.3 Å². The molecule has 0 bridgehead atoms. The predicted octanol–water partition coefficient (Wildman–Crippen LogP) is 1.46. The number of hydrogen-bond donors (Lipinski definition) is 2. The molecule has 1 aliphatic heterocycles. The minimum Gasteiger partial charge on any atom is -0.327 e. The zero-order valence-electron chi connectivity index (χ0n) is 9.84. The molecule has 1 aromatic rings. The van der Waals surface area contributed by atoms with Crippen LogP contribution in [0.5, 0.6) is 0 Å². The summed E-state index contributed by atoms with van der Waals surface area (Å²) in [4.78, 5) is 13.3. The summed E-state index contributed by atoms with van der Waals surface area (Å²) in [6, 6.07) is 7.71. The molecule has 0 aliphatic carbocycles. The van der Waals surface area contributed by atoms with Gasteiger partial charge in [0.05, 0.1) is 18.8 Å². The molecule has 0 unspecified atom stereocenters. The molecule has 1 amide bonds. The van der Waals surface area contributed by atoms with Gasteiger partial charge in [-0.1, -0.05) is 12.1 Å². The maximum absolute atomic E-state index is 11.9. The number of para-hydroxylation sites is 1. The van der Waals surface area contributed by atoms with Crippen molar-refractivity contribution in [1.29, 1.82) is 0 Å². The first-order valence-electron chi connectivity index (χ1n) is 6.13. The lowest BCUT2D eigenvalue weighted by molar-refractivity contribution is -0.896. The highest BCUT2D eigenvalue weighted by atomic mass is 79.9. The number of nitrogens with one attached hydrogen (secondary N) is 2. The van der Waals surface area contributed by atoms with E-state index < -0.39 is 0 Å². The van der Waals surface area contributed by atoms with E-state index in [0.717, 1.165) is 23.2 Å². The summed E-state index contributed by atoms with van der Waals surface area (Å²) in [5, 5.41) is 2.95. The number of amides is 1. The van der Waals surface area contributed by atoms with Gasteiger partial charge in [0.2, 0.25) is 0 Å². The van der Waals surface area contributed by atoms with Gasteiger partial charge >= 0.3 is 0 Å². The van der Waals surface area contributed by atoms with Crippen molar-refractivity contribution in [2.24, 2.45) is 0 Å². The molecule has 2 rings (SSSR count). The predicted molar refractivity (Wildman–Crippen MR) is 72.2 cm³/mol. The third-order valence-corrected chi connectivity index (χ3v) is 3.81. The number of rotatable bonds is 3. The van der Waals surface area contributed by atoms with Gasteiger partial charge in [-0.25, -0.2) is 0 Å². The fourth-order valence-corrected chi connectivity index (χ4v) is 2.60. The smallest absolute Gasteiger partial charge is 0.279 e. The van der Waals surface area contributed by atoms with E-state index in [9.17, 15) is 4.79 Å². The molecule has 17 heavy (non-hydrogen) atoms. The molecule has 1 fully saturated rings. The van der Waals surface area contributed by atoms with Crippen molar-refractivity contribution in [1.82, 2.24) is 0 Å². The van der Waals surface area contributed by atoms with E-state index >= 15 is 0 Å². The summed E-state index contributed by atoms with van der Waals surface area (Å²) in [6.45, 7) is 2.84. The van der Waals surface area contributed by atoms with Crippen molar-refractivity contribution >= 4 is 27.5 Å². The molecule has 2 N–H and O–H groups in total. The lowest BCUT2D eigenvalue weighted by Crippen LogP contribution is -3.13. The highest BCUT2D eigenvalue weighted by molar-refractivity contribution is 9.10. The van der Waals surface area contributed by atoms with E-state index in [1.165, 1.54) is 24.2 Å². The average molecular weight is 298 g/mol. The van der Waals surface area contributed by atoms with Crippen molar-refractivity contribution in [2.45, 2.75) is 19.3 Å². The summed E-state index contributed by atoms with van der Waals surface area (Å²) >= 11 is 3.43. The normalized spacial score (nSPS) is 16.8. The monoisotopic (exact) mass is 297 g/mol. The Morgan fingerprint density at radius 3 is 2.65 bits per heavy atom. The zero-order chi connectivity index (χ0) is 12.1. The van der Waals surface area contributed by atoms with Gasteiger partial charge < -0.3 is 10.2 Å². The fourth-order valence-electron chi connectivity index (χ4n) is 2.21. The summed E-state index contributed by atoms with van der Waals surface area (Å²) in [5.41, 5.74) is 0.855. The maximum atomic E-state index is 11.9. The molecular formula is C13H18BrN2O+. The Morgan fingerprint density at radius 2 is 1.94 bits per heavy atom. The number of halogens is 1. The van der Waals surface area contributed by atoms with Crippen molar-refractivity contribution in [3.05, 3.63) is 28.7 Å². The standard InChI is InChI=1S/C13H17BrN2O/c14-11-6-2-3-7-12(11)15-13(17)10-16-8-4-1-5-9-16/h2-3,6-7H,1,4-5,8-10H2,(H,15,17)/p+1. The number of carbonyl (C=O) groups is 1. The summed E-state index contributed by atoms with van der Waals surface area (Å²) < 4.78 is 0.932. The lowest BCUT2D eigenvalue weighted by Gasteiger charge is -2.22. The highest BCUT2D eigenvalue weighted by Gasteiger charge is 2.17. The van der Waals surface area contributed by atoms with Crippen LogP contribution in [0.1, 0.15) is 19.3 Å². The van der Waals surface area contributed by atoms with Crippen molar-refractivity contribution < 1.29 is 9.69 Å². The van der Waals surface area contributed by atoms with E-state index in [0.29, 0.717) is 6.54 Å². The molecule has 0 atom stereocenters. The Bertz CT molecular complexity index is 389. The van der Waals surface area contributed by atoms with E-state index in [4.69, 9.17) is 0 Å². The van der Waals surface area contributed by atoms with E-state index in [1.807, 2.05) is 24.3 Å². The number of likely N-dealkylation sites (tertiary alicyclic amines) is 1. The Balaban J connectivity index is 1.86. The van der Waals surface area contributed by atoms with Gasteiger partial charge in [-0.3, -0.25) is 4.79 Å². The summed E-state index contributed by atoms with van der Waals surface area (Å²) in [5.74, 6) is 0.105. The largest absolute Gasteiger partial charge is 0.327 e. The summed E-state index contributed by atoms with van der Waals surface area (Å²) in [7, 11) is 0. The van der Waals surface area contributed by atoms with E-state index in [-0.39, 0.29) is 5.91 Å². The van der Waals surface area contributed by atoms with Crippen molar-refractivity contribution in [2.75, 3.05) is 25.0 Å². The molecule has 0 saturated carbocycles. The number of benzene rings is 1. The first kappa shape index (κ1) is 12.6. The minimum atomic E-state index is 0.105. The fraction of sp³-hybridized carbons (Fsp3) is 0.462. The van der Waals surface area contributed by atoms with Crippen LogP contribution in [-0.2, 0) is 4.79 Å². The van der Waals surface area contributed by atoms with Gasteiger partial charge in [0, 0.05) is 4.47 Å². The average Bonchev–Trinajstić information content (AvgIpc) is 2.33. The first-order chi connectivity index (χ1) is 8.25. The van der Waals surface area contributed by atoms with Crippen LogP contribution in [0.2, 0.25) is 0 Å². The zero-order valence-corrected chi connectivity index (χ0v) is 11.4. The van der Waals surface area contributed by atoms with Gasteiger partial charge in [0.1, 0.15) is 0 Å². The van der Waals surface area contributed by atoms with E-state index in [2.05, 4.69) is 21.2 Å². The van der Waals surface area contributed by atoms with Crippen LogP contribution in [-0.4, -0.2) is 25.5 Å². The topological polar surface area (TPSA) is 33.5 Å². The molecule has 0 aromatic heterocycles. The van der Waals surface area contributed by atoms with Crippen LogP contribution >= 0.6 is 15.9 Å². The van der Waals surface area contributed by atoms with Gasteiger partial charge in [0.15, 0.2) is 6.54 Å². The Labute approximate surface area is 110 Å². The Hall–Kier alpha value is -0.870. The lowest BCUT2D eigenvalue weighted by atomic mass is 10.1. The van der Waals surface area contributed by atoms with Crippen LogP contribution < -0.4 is 10.2 Å². The Kier molecular flexibility index (Phi) is 4.57. The van der Waals surface area contributed by atoms with Crippen LogP contribution in [0.3, 0.4) is 0 Å². The first-order valence-corrected chi connectivity index (χ1v) is 6.93. The number of hydrogen-bond acceptors (Lipinski definition) is 1. The number of carbonyl (C=O) groups excluding carboxylic acids is 1. The van der Waals surface area contributed by atoms with Crippen LogP contribution in [0.15, 0.2) is 28.7 Å². The molecule has 3 nitrogen and oxygen atoms in total. The summed E-state index contributed by atoms with van der Waals surface area (Å²) in [6.07, 6.45) is 3.81. The molecule has 1 aliphatic rings. The third-order valence-electron chi connectivity index (χ3n) is 3.12. The second-order valence-electron chi connectivity index (χ2n) is 4.52. The minimum absolute atomic E-state index is 0.105. The number of quaternary nitrogens is 1. The molecule has 1 aromatic carbocycles. The number of anilines is 1. The molecule has 0 spiro atoms. The van der Waals surface area contributed by atoms with Gasteiger partial charge in [-0.2, -0.15) is 0 Å². The molecular weight excluding hydrogens is 280 g/mol. The van der Waals surface area contributed by atoms with Crippen LogP contribution in [0.25, 0.3) is 0 Å². The van der Waals surface area contributed by atoms with Gasteiger partial charge in [0.25, 0.3) is 5.91 Å². The second kappa shape index (κ2) is 6.17. The number of piperidine rings is 1. The third kappa shape index (κ3) is 3.82. The molecule has 0 radical (unpaired) electrons. The maximum Gasteiger partial charge on any atom is 0.279 e. The molecule has 1 saturated heterocycles.